The van der Waals surface area contributed by atoms with Crippen LogP contribution in [-0.4, -0.2) is 41.3 Å². The Bertz CT molecular complexity index is 940. The van der Waals surface area contributed by atoms with Gasteiger partial charge in [0.15, 0.2) is 11.6 Å². The van der Waals surface area contributed by atoms with Gasteiger partial charge in [-0.15, -0.1) is 0 Å². The standard InChI is InChI=1S/C20H19F2N3O3/c1-26-12-19-23-20(24-28-19)14-3-5-15(6-4-14)27-16-10-25(11-16)9-13-2-7-17(21)18(22)8-13/h2-8,16H,9-12H2,1H3. The van der Waals surface area contributed by atoms with Crippen LogP contribution in [0, 0.1) is 11.6 Å². The fourth-order valence-corrected chi connectivity index (χ4v) is 3.05. The van der Waals surface area contributed by atoms with E-state index in [-0.39, 0.29) is 12.7 Å². The highest BCUT2D eigenvalue weighted by atomic mass is 19.2. The van der Waals surface area contributed by atoms with Gasteiger partial charge >= 0.3 is 0 Å². The van der Waals surface area contributed by atoms with Crippen molar-refractivity contribution in [1.29, 1.82) is 0 Å². The predicted octanol–water partition coefficient (Wildman–Crippen LogP) is 3.42. The predicted molar refractivity (Wildman–Crippen MR) is 96.5 cm³/mol. The van der Waals surface area contributed by atoms with Crippen LogP contribution in [0.15, 0.2) is 47.0 Å². The number of rotatable bonds is 7. The number of aromatic nitrogens is 2. The second kappa shape index (κ2) is 8.04. The zero-order valence-corrected chi connectivity index (χ0v) is 15.3. The fourth-order valence-electron chi connectivity index (χ4n) is 3.05. The lowest BCUT2D eigenvalue weighted by molar-refractivity contribution is 0.0145. The van der Waals surface area contributed by atoms with Crippen LogP contribution in [0.5, 0.6) is 5.75 Å². The number of likely N-dealkylation sites (tertiary alicyclic amines) is 1. The van der Waals surface area contributed by atoms with Crippen LogP contribution in [0.1, 0.15) is 11.5 Å². The second-order valence-corrected chi connectivity index (χ2v) is 6.65. The van der Waals surface area contributed by atoms with Crippen molar-refractivity contribution in [2.75, 3.05) is 20.2 Å². The summed E-state index contributed by atoms with van der Waals surface area (Å²) < 4.78 is 42.2. The van der Waals surface area contributed by atoms with Crippen LogP contribution in [0.4, 0.5) is 8.78 Å². The van der Waals surface area contributed by atoms with Crippen LogP contribution in [0.25, 0.3) is 11.4 Å². The summed E-state index contributed by atoms with van der Waals surface area (Å²) in [5, 5.41) is 3.92. The molecule has 3 aromatic rings. The molecule has 1 fully saturated rings. The number of halogens is 2. The topological polar surface area (TPSA) is 60.6 Å². The van der Waals surface area contributed by atoms with Crippen LogP contribution in [-0.2, 0) is 17.9 Å². The third-order valence-corrected chi connectivity index (χ3v) is 4.47. The SMILES string of the molecule is COCc1nc(-c2ccc(OC3CN(Cc4ccc(F)c(F)c4)C3)cc2)no1. The van der Waals surface area contributed by atoms with Crippen molar-refractivity contribution in [1.82, 2.24) is 15.0 Å². The Labute approximate surface area is 160 Å². The molecule has 0 aliphatic carbocycles. The first-order valence-electron chi connectivity index (χ1n) is 8.85. The molecule has 0 spiro atoms. The van der Waals surface area contributed by atoms with Crippen molar-refractivity contribution in [3.63, 3.8) is 0 Å². The molecule has 28 heavy (non-hydrogen) atoms. The molecule has 146 valence electrons. The Balaban J connectivity index is 1.28. The summed E-state index contributed by atoms with van der Waals surface area (Å²) in [4.78, 5) is 6.36. The number of benzene rings is 2. The summed E-state index contributed by atoms with van der Waals surface area (Å²) in [6, 6.07) is 11.4. The van der Waals surface area contributed by atoms with E-state index in [1.54, 1.807) is 13.2 Å². The molecule has 2 aromatic carbocycles. The molecule has 0 unspecified atom stereocenters. The van der Waals surface area contributed by atoms with Gasteiger partial charge in [-0.2, -0.15) is 4.98 Å². The lowest BCUT2D eigenvalue weighted by atomic mass is 10.1. The van der Waals surface area contributed by atoms with Gasteiger partial charge in [-0.3, -0.25) is 4.90 Å². The average molecular weight is 387 g/mol. The number of hydrogen-bond donors (Lipinski definition) is 0. The van der Waals surface area contributed by atoms with E-state index in [9.17, 15) is 8.78 Å². The largest absolute Gasteiger partial charge is 0.488 e. The quantitative estimate of drug-likeness (QED) is 0.619. The molecule has 1 saturated heterocycles. The summed E-state index contributed by atoms with van der Waals surface area (Å²) in [6.07, 6.45) is 0.0645. The summed E-state index contributed by atoms with van der Waals surface area (Å²) in [5.41, 5.74) is 1.57. The molecule has 0 radical (unpaired) electrons. The lowest BCUT2D eigenvalue weighted by Crippen LogP contribution is -2.53. The highest BCUT2D eigenvalue weighted by molar-refractivity contribution is 5.55. The molecule has 0 atom stereocenters. The number of hydrogen-bond acceptors (Lipinski definition) is 6. The van der Waals surface area contributed by atoms with E-state index in [2.05, 4.69) is 15.0 Å². The second-order valence-electron chi connectivity index (χ2n) is 6.65. The molecule has 1 aromatic heterocycles. The van der Waals surface area contributed by atoms with E-state index in [1.165, 1.54) is 6.07 Å². The summed E-state index contributed by atoms with van der Waals surface area (Å²) >= 11 is 0. The zero-order valence-electron chi connectivity index (χ0n) is 15.3. The van der Waals surface area contributed by atoms with E-state index in [4.69, 9.17) is 14.0 Å². The van der Waals surface area contributed by atoms with Gasteiger partial charge in [0, 0.05) is 32.3 Å². The van der Waals surface area contributed by atoms with Crippen molar-refractivity contribution >= 4 is 0 Å². The highest BCUT2D eigenvalue weighted by Gasteiger charge is 2.28. The van der Waals surface area contributed by atoms with E-state index in [0.717, 1.165) is 36.0 Å². The van der Waals surface area contributed by atoms with Crippen molar-refractivity contribution < 1.29 is 22.8 Å². The van der Waals surface area contributed by atoms with E-state index in [0.29, 0.717) is 18.3 Å². The first-order chi connectivity index (χ1) is 13.6. The van der Waals surface area contributed by atoms with Gasteiger partial charge in [0.1, 0.15) is 18.5 Å². The Morgan fingerprint density at radius 1 is 1.11 bits per heavy atom. The maximum absolute atomic E-state index is 13.3. The van der Waals surface area contributed by atoms with Gasteiger partial charge in [-0.1, -0.05) is 11.2 Å². The molecule has 0 saturated carbocycles. The van der Waals surface area contributed by atoms with Crippen molar-refractivity contribution in [3.8, 4) is 17.1 Å². The number of nitrogens with zero attached hydrogens (tertiary/aromatic N) is 3. The Morgan fingerprint density at radius 3 is 2.61 bits per heavy atom. The number of methoxy groups -OCH3 is 1. The maximum atomic E-state index is 13.3. The van der Waals surface area contributed by atoms with Gasteiger partial charge < -0.3 is 14.0 Å². The smallest absolute Gasteiger partial charge is 0.252 e. The van der Waals surface area contributed by atoms with Crippen LogP contribution < -0.4 is 4.74 Å². The normalized spacial score (nSPS) is 14.8. The summed E-state index contributed by atoms with van der Waals surface area (Å²) in [5.74, 6) is 0.0322. The molecule has 0 bridgehead atoms. The third-order valence-electron chi connectivity index (χ3n) is 4.47. The third kappa shape index (κ3) is 4.18. The molecule has 0 N–H and O–H groups in total. The fraction of sp³-hybridized carbons (Fsp3) is 0.300. The first kappa shape index (κ1) is 18.5. The summed E-state index contributed by atoms with van der Waals surface area (Å²) in [7, 11) is 1.57. The monoisotopic (exact) mass is 387 g/mol. The lowest BCUT2D eigenvalue weighted by Gasteiger charge is -2.39. The molecule has 1 aliphatic heterocycles. The molecule has 0 amide bonds. The van der Waals surface area contributed by atoms with Gasteiger partial charge in [0.05, 0.1) is 0 Å². The minimum atomic E-state index is -0.826. The molecule has 2 heterocycles. The molecular weight excluding hydrogens is 368 g/mol. The number of ether oxygens (including phenoxy) is 2. The van der Waals surface area contributed by atoms with Crippen LogP contribution >= 0.6 is 0 Å². The first-order valence-corrected chi connectivity index (χ1v) is 8.85. The minimum Gasteiger partial charge on any atom is -0.488 e. The molecule has 4 rings (SSSR count). The molecule has 8 heteroatoms. The van der Waals surface area contributed by atoms with Gasteiger partial charge in [0.25, 0.3) is 5.89 Å². The van der Waals surface area contributed by atoms with E-state index in [1.807, 2.05) is 24.3 Å². The van der Waals surface area contributed by atoms with Gasteiger partial charge in [0.2, 0.25) is 5.82 Å². The van der Waals surface area contributed by atoms with E-state index >= 15 is 0 Å². The summed E-state index contributed by atoms with van der Waals surface area (Å²) in [6.45, 7) is 2.30. The molecule has 6 nitrogen and oxygen atoms in total. The van der Waals surface area contributed by atoms with Crippen molar-refractivity contribution in [2.45, 2.75) is 19.3 Å². The van der Waals surface area contributed by atoms with E-state index < -0.39 is 11.6 Å². The Kier molecular flexibility index (Phi) is 5.31. The van der Waals surface area contributed by atoms with Crippen LogP contribution in [0.3, 0.4) is 0 Å². The Morgan fingerprint density at radius 2 is 1.89 bits per heavy atom. The van der Waals surface area contributed by atoms with Crippen molar-refractivity contribution in [2.24, 2.45) is 0 Å². The minimum absolute atomic E-state index is 0.0645. The Hall–Kier alpha value is -2.84. The molecular formula is C20H19F2N3O3. The molecule has 1 aliphatic rings. The average Bonchev–Trinajstić information content (AvgIpc) is 3.12. The van der Waals surface area contributed by atoms with Crippen LogP contribution in [0.2, 0.25) is 0 Å². The van der Waals surface area contributed by atoms with Crippen molar-refractivity contribution in [3.05, 3.63) is 65.6 Å². The van der Waals surface area contributed by atoms with Gasteiger partial charge in [-0.05, 0) is 42.0 Å². The zero-order chi connectivity index (χ0) is 19.5. The van der Waals surface area contributed by atoms with Gasteiger partial charge in [-0.25, -0.2) is 8.78 Å². The highest BCUT2D eigenvalue weighted by Crippen LogP contribution is 2.24. The maximum Gasteiger partial charge on any atom is 0.252 e.